The number of benzene rings is 7. The number of para-hydroxylation sites is 2. The smallest absolute Gasteiger partial charge is 0.137 e. The molecule has 4 nitrogen and oxygen atoms in total. The van der Waals surface area contributed by atoms with Crippen LogP contribution in [0.1, 0.15) is 11.1 Å². The Morgan fingerprint density at radius 2 is 1.12 bits per heavy atom. The first-order valence-corrected chi connectivity index (χ1v) is 16.7. The second-order valence-corrected chi connectivity index (χ2v) is 12.5. The monoisotopic (exact) mass is 643 g/mol. The van der Waals surface area contributed by atoms with Gasteiger partial charge >= 0.3 is 0 Å². The molecule has 0 radical (unpaired) electrons. The summed E-state index contributed by atoms with van der Waals surface area (Å²) >= 11 is 0. The van der Waals surface area contributed by atoms with Gasteiger partial charge in [-0.1, -0.05) is 86.0 Å². The van der Waals surface area contributed by atoms with E-state index in [-0.39, 0.29) is 0 Å². The number of hydrogen-bond acceptors (Lipinski definition) is 3. The first-order valence-electron chi connectivity index (χ1n) is 16.7. The van der Waals surface area contributed by atoms with Crippen molar-refractivity contribution < 1.29 is 4.42 Å². The van der Waals surface area contributed by atoms with Crippen LogP contribution in [0.4, 0.5) is 28.4 Å². The molecule has 0 unspecified atom stereocenters. The predicted octanol–water partition coefficient (Wildman–Crippen LogP) is 13.2. The molecule has 0 aliphatic carbocycles. The first kappa shape index (κ1) is 29.4. The van der Waals surface area contributed by atoms with Crippen LogP contribution in [-0.2, 0) is 0 Å². The van der Waals surface area contributed by atoms with Crippen LogP contribution in [0, 0.1) is 0 Å². The number of furan rings is 1. The first-order chi connectivity index (χ1) is 24.7. The lowest BCUT2D eigenvalue weighted by Crippen LogP contribution is -2.09. The largest absolute Gasteiger partial charge is 0.456 e. The molecule has 0 spiro atoms. The van der Waals surface area contributed by atoms with E-state index in [1.807, 2.05) is 18.2 Å². The lowest BCUT2D eigenvalue weighted by atomic mass is 10.1. The third-order valence-electron chi connectivity index (χ3n) is 9.46. The molecular formula is C46H33N3O. The van der Waals surface area contributed by atoms with Crippen molar-refractivity contribution in [1.82, 2.24) is 4.57 Å². The van der Waals surface area contributed by atoms with Crippen LogP contribution in [0.5, 0.6) is 0 Å². The minimum Gasteiger partial charge on any atom is -0.456 e. The molecule has 9 aromatic rings. The molecule has 0 fully saturated rings. The van der Waals surface area contributed by atoms with Crippen molar-refractivity contribution in [1.29, 1.82) is 0 Å². The summed E-state index contributed by atoms with van der Waals surface area (Å²) in [4.78, 5) is 2.30. The number of anilines is 5. The van der Waals surface area contributed by atoms with Gasteiger partial charge in [0.15, 0.2) is 0 Å². The third kappa shape index (κ3) is 5.02. The Kier molecular flexibility index (Phi) is 7.07. The number of nitrogens with one attached hydrogen (secondary N) is 1. The molecule has 0 atom stereocenters. The molecule has 0 aliphatic rings. The van der Waals surface area contributed by atoms with Crippen molar-refractivity contribution in [3.8, 4) is 5.69 Å². The van der Waals surface area contributed by atoms with Gasteiger partial charge in [-0.2, -0.15) is 0 Å². The van der Waals surface area contributed by atoms with E-state index < -0.39 is 0 Å². The van der Waals surface area contributed by atoms with Gasteiger partial charge in [0.2, 0.25) is 0 Å². The highest BCUT2D eigenvalue weighted by molar-refractivity contribution is 6.11. The highest BCUT2D eigenvalue weighted by Gasteiger charge is 2.19. The summed E-state index contributed by atoms with van der Waals surface area (Å²) < 4.78 is 8.83. The van der Waals surface area contributed by atoms with E-state index in [0.717, 1.165) is 72.7 Å². The van der Waals surface area contributed by atoms with Crippen LogP contribution < -0.4 is 10.2 Å². The van der Waals surface area contributed by atoms with Crippen molar-refractivity contribution in [3.63, 3.8) is 0 Å². The summed E-state index contributed by atoms with van der Waals surface area (Å²) in [6.07, 6.45) is 3.72. The van der Waals surface area contributed by atoms with Crippen molar-refractivity contribution in [2.45, 2.75) is 0 Å². The van der Waals surface area contributed by atoms with Gasteiger partial charge in [0.05, 0.1) is 11.0 Å². The minimum absolute atomic E-state index is 0.833. The summed E-state index contributed by atoms with van der Waals surface area (Å²) in [6, 6.07) is 55.5. The van der Waals surface area contributed by atoms with Gasteiger partial charge in [0, 0.05) is 61.7 Å². The van der Waals surface area contributed by atoms with E-state index in [9.17, 15) is 0 Å². The Labute approximate surface area is 290 Å². The molecule has 1 N–H and O–H groups in total. The van der Waals surface area contributed by atoms with E-state index in [4.69, 9.17) is 4.42 Å². The van der Waals surface area contributed by atoms with Gasteiger partial charge < -0.3 is 19.2 Å². The minimum atomic E-state index is 0.833. The molecule has 0 bridgehead atoms. The van der Waals surface area contributed by atoms with Gasteiger partial charge in [-0.3, -0.25) is 0 Å². The van der Waals surface area contributed by atoms with Crippen LogP contribution in [0.15, 0.2) is 175 Å². The summed E-state index contributed by atoms with van der Waals surface area (Å²) in [6.45, 7) is 7.82. The Hall–Kier alpha value is -6.78. The van der Waals surface area contributed by atoms with E-state index >= 15 is 0 Å². The van der Waals surface area contributed by atoms with Crippen LogP contribution in [0.25, 0.3) is 61.6 Å². The average molecular weight is 644 g/mol. The number of nitrogens with zero attached hydrogens (tertiary/aromatic N) is 2. The Morgan fingerprint density at radius 1 is 0.480 bits per heavy atom. The zero-order valence-corrected chi connectivity index (χ0v) is 27.4. The number of fused-ring (bicyclic) bond motifs is 6. The molecule has 50 heavy (non-hydrogen) atoms. The van der Waals surface area contributed by atoms with Crippen molar-refractivity contribution in [2.24, 2.45) is 0 Å². The topological polar surface area (TPSA) is 33.3 Å². The second kappa shape index (κ2) is 12.0. The number of hydrogen-bond donors (Lipinski definition) is 1. The molecule has 2 aromatic heterocycles. The molecular weight excluding hydrogens is 611 g/mol. The SMILES string of the molecule is C=Cc1ccc(Nc2ccc3oc4cc(N(c5ccc(C=C)cc5)c5ccc6c(c5)c5ccccc5n6-c5ccccc5)ccc4c3c2)cc1. The fourth-order valence-corrected chi connectivity index (χ4v) is 7.01. The Bertz CT molecular complexity index is 2700. The fraction of sp³-hybridized carbons (Fsp3) is 0. The van der Waals surface area contributed by atoms with Crippen molar-refractivity contribution >= 4 is 84.3 Å². The zero-order valence-electron chi connectivity index (χ0n) is 27.4. The molecule has 0 saturated carbocycles. The fourth-order valence-electron chi connectivity index (χ4n) is 7.01. The molecule has 0 aliphatic heterocycles. The summed E-state index contributed by atoms with van der Waals surface area (Å²) in [5.74, 6) is 0. The van der Waals surface area contributed by atoms with Crippen molar-refractivity contribution in [2.75, 3.05) is 10.2 Å². The molecule has 4 heteroatoms. The normalized spacial score (nSPS) is 11.4. The molecule has 238 valence electrons. The average Bonchev–Trinajstić information content (AvgIpc) is 3.70. The quantitative estimate of drug-likeness (QED) is 0.179. The summed E-state index contributed by atoms with van der Waals surface area (Å²) in [7, 11) is 0. The van der Waals surface area contributed by atoms with Crippen LogP contribution in [0.3, 0.4) is 0 Å². The second-order valence-electron chi connectivity index (χ2n) is 12.5. The van der Waals surface area contributed by atoms with E-state index in [2.05, 4.69) is 180 Å². The summed E-state index contributed by atoms with van der Waals surface area (Å²) in [5, 5.41) is 8.07. The lowest BCUT2D eigenvalue weighted by molar-refractivity contribution is 0.669. The maximum absolute atomic E-state index is 6.49. The van der Waals surface area contributed by atoms with E-state index in [1.165, 1.54) is 16.3 Å². The molecule has 9 rings (SSSR count). The standard InChI is InChI=1S/C46H33N3O/c1-3-31-14-18-33(19-15-31)47-34-20-27-45-42(28-34)40-25-23-38(30-46(40)50-45)48(36-21-16-32(4-2)17-22-36)37-24-26-44-41(29-37)39-12-8-9-13-43(39)49(44)35-10-6-5-7-11-35/h3-30,47H,1-2H2. The maximum atomic E-state index is 6.49. The van der Waals surface area contributed by atoms with E-state index in [1.54, 1.807) is 0 Å². The van der Waals surface area contributed by atoms with E-state index in [0.29, 0.717) is 0 Å². The van der Waals surface area contributed by atoms with Crippen LogP contribution >= 0.6 is 0 Å². The number of aromatic nitrogens is 1. The summed E-state index contributed by atoms with van der Waals surface area (Å²) in [5.41, 5.74) is 12.5. The Balaban J connectivity index is 1.17. The highest BCUT2D eigenvalue weighted by Crippen LogP contribution is 2.42. The van der Waals surface area contributed by atoms with Gasteiger partial charge in [0.1, 0.15) is 11.2 Å². The van der Waals surface area contributed by atoms with Gasteiger partial charge in [-0.25, -0.2) is 0 Å². The van der Waals surface area contributed by atoms with Gasteiger partial charge in [0.25, 0.3) is 0 Å². The maximum Gasteiger partial charge on any atom is 0.137 e. The Morgan fingerprint density at radius 3 is 1.90 bits per heavy atom. The molecule has 0 saturated heterocycles. The van der Waals surface area contributed by atoms with Gasteiger partial charge in [-0.05, 0) is 102 Å². The molecule has 7 aromatic carbocycles. The zero-order chi connectivity index (χ0) is 33.6. The third-order valence-corrected chi connectivity index (χ3v) is 9.46. The van der Waals surface area contributed by atoms with Crippen LogP contribution in [-0.4, -0.2) is 4.57 Å². The predicted molar refractivity (Wildman–Crippen MR) is 213 cm³/mol. The number of rotatable bonds is 8. The molecule has 2 heterocycles. The molecule has 0 amide bonds. The highest BCUT2D eigenvalue weighted by atomic mass is 16.3. The van der Waals surface area contributed by atoms with Gasteiger partial charge in [-0.15, -0.1) is 0 Å². The van der Waals surface area contributed by atoms with Crippen molar-refractivity contribution in [3.05, 3.63) is 182 Å². The lowest BCUT2D eigenvalue weighted by Gasteiger charge is -2.26. The van der Waals surface area contributed by atoms with Crippen LogP contribution in [0.2, 0.25) is 0 Å².